The molecule has 158 valence electrons. The number of rotatable bonds is 5. The highest BCUT2D eigenvalue weighted by molar-refractivity contribution is 7.98. The lowest BCUT2D eigenvalue weighted by Gasteiger charge is -2.19. The van der Waals surface area contributed by atoms with Gasteiger partial charge in [0.05, 0.1) is 5.56 Å². The van der Waals surface area contributed by atoms with E-state index in [1.807, 2.05) is 41.8 Å². The summed E-state index contributed by atoms with van der Waals surface area (Å²) in [4.78, 5) is 0. The molecular formula is C26H26FN3S. The van der Waals surface area contributed by atoms with Gasteiger partial charge in [-0.1, -0.05) is 86.6 Å². The second kappa shape index (κ2) is 8.67. The first kappa shape index (κ1) is 21.3. The smallest absolute Gasteiger partial charge is 0.196 e. The second-order valence-electron chi connectivity index (χ2n) is 8.69. The van der Waals surface area contributed by atoms with Crippen molar-refractivity contribution in [2.24, 2.45) is 0 Å². The Labute approximate surface area is 187 Å². The molecular weight excluding hydrogens is 405 g/mol. The van der Waals surface area contributed by atoms with Gasteiger partial charge in [-0.15, -0.1) is 10.2 Å². The normalized spacial score (nSPS) is 11.6. The van der Waals surface area contributed by atoms with Gasteiger partial charge >= 0.3 is 0 Å². The number of hydrogen-bond acceptors (Lipinski definition) is 3. The molecule has 31 heavy (non-hydrogen) atoms. The standard InChI is InChI=1S/C26H26FN3S/c1-18-9-15-21(16-10-18)30-24(22-7-5-6-8-23(22)27)28-29-25(30)31-17-19-11-13-20(14-12-19)26(2,3)4/h5-16H,17H2,1-4H3. The minimum Gasteiger partial charge on any atom is -0.270 e. The molecule has 0 saturated heterocycles. The van der Waals surface area contributed by atoms with Gasteiger partial charge < -0.3 is 0 Å². The van der Waals surface area contributed by atoms with Gasteiger partial charge in [0.2, 0.25) is 0 Å². The van der Waals surface area contributed by atoms with Crippen molar-refractivity contribution in [2.75, 3.05) is 0 Å². The Morgan fingerprint density at radius 2 is 1.55 bits per heavy atom. The first-order valence-electron chi connectivity index (χ1n) is 10.3. The van der Waals surface area contributed by atoms with Gasteiger partial charge in [-0.25, -0.2) is 4.39 Å². The zero-order valence-corrected chi connectivity index (χ0v) is 19.1. The molecule has 0 bridgehead atoms. The average Bonchev–Trinajstić information content (AvgIpc) is 3.16. The van der Waals surface area contributed by atoms with Crippen LogP contribution in [0.4, 0.5) is 4.39 Å². The number of aromatic nitrogens is 3. The molecule has 0 atom stereocenters. The van der Waals surface area contributed by atoms with Crippen LogP contribution in [0.2, 0.25) is 0 Å². The highest BCUT2D eigenvalue weighted by Crippen LogP contribution is 2.31. The number of benzene rings is 3. The Bertz CT molecular complexity index is 1170. The number of hydrogen-bond donors (Lipinski definition) is 0. The topological polar surface area (TPSA) is 30.7 Å². The Morgan fingerprint density at radius 1 is 0.871 bits per heavy atom. The Balaban J connectivity index is 1.68. The summed E-state index contributed by atoms with van der Waals surface area (Å²) < 4.78 is 16.5. The first-order chi connectivity index (χ1) is 14.8. The van der Waals surface area contributed by atoms with Gasteiger partial charge in [0, 0.05) is 11.4 Å². The molecule has 1 aromatic heterocycles. The number of aryl methyl sites for hydroxylation is 1. The van der Waals surface area contributed by atoms with Crippen LogP contribution in [0, 0.1) is 12.7 Å². The third-order valence-electron chi connectivity index (χ3n) is 5.23. The van der Waals surface area contributed by atoms with Gasteiger partial charge in [0.15, 0.2) is 11.0 Å². The van der Waals surface area contributed by atoms with E-state index in [2.05, 4.69) is 55.2 Å². The fourth-order valence-corrected chi connectivity index (χ4v) is 4.26. The van der Waals surface area contributed by atoms with Crippen LogP contribution in [0.1, 0.15) is 37.5 Å². The summed E-state index contributed by atoms with van der Waals surface area (Å²) in [6, 6.07) is 23.5. The fourth-order valence-electron chi connectivity index (χ4n) is 3.36. The van der Waals surface area contributed by atoms with Crippen molar-refractivity contribution in [3.05, 3.63) is 95.3 Å². The van der Waals surface area contributed by atoms with Gasteiger partial charge in [-0.05, 0) is 47.7 Å². The molecule has 5 heteroatoms. The van der Waals surface area contributed by atoms with Crippen molar-refractivity contribution in [1.82, 2.24) is 14.8 Å². The van der Waals surface area contributed by atoms with E-state index in [0.717, 1.165) is 22.2 Å². The molecule has 3 nitrogen and oxygen atoms in total. The molecule has 0 N–H and O–H groups in total. The summed E-state index contributed by atoms with van der Waals surface area (Å²) in [7, 11) is 0. The highest BCUT2D eigenvalue weighted by Gasteiger charge is 2.19. The molecule has 0 aliphatic carbocycles. The van der Waals surface area contributed by atoms with E-state index in [1.165, 1.54) is 17.2 Å². The Kier molecular flexibility index (Phi) is 5.96. The lowest BCUT2D eigenvalue weighted by atomic mass is 9.87. The molecule has 0 fully saturated rings. The van der Waals surface area contributed by atoms with Gasteiger partial charge in [0.25, 0.3) is 0 Å². The summed E-state index contributed by atoms with van der Waals surface area (Å²) in [5, 5.41) is 9.51. The van der Waals surface area contributed by atoms with Crippen LogP contribution >= 0.6 is 11.8 Å². The summed E-state index contributed by atoms with van der Waals surface area (Å²) in [5.74, 6) is 0.955. The highest BCUT2D eigenvalue weighted by atomic mass is 32.2. The average molecular weight is 432 g/mol. The van der Waals surface area contributed by atoms with E-state index in [-0.39, 0.29) is 11.2 Å². The number of halogens is 1. The van der Waals surface area contributed by atoms with Crippen LogP contribution in [0.5, 0.6) is 0 Å². The van der Waals surface area contributed by atoms with Crippen molar-refractivity contribution in [2.45, 2.75) is 44.0 Å². The van der Waals surface area contributed by atoms with E-state index in [4.69, 9.17) is 0 Å². The molecule has 4 rings (SSSR count). The Morgan fingerprint density at radius 3 is 2.19 bits per heavy atom. The SMILES string of the molecule is Cc1ccc(-n2c(SCc3ccc(C(C)(C)C)cc3)nnc2-c2ccccc2F)cc1. The van der Waals surface area contributed by atoms with Crippen LogP contribution in [0.15, 0.2) is 78.0 Å². The zero-order valence-electron chi connectivity index (χ0n) is 18.3. The van der Waals surface area contributed by atoms with Gasteiger partial charge in [-0.3, -0.25) is 4.57 Å². The first-order valence-corrected chi connectivity index (χ1v) is 11.3. The molecule has 0 unspecified atom stereocenters. The number of thioether (sulfide) groups is 1. The molecule has 0 amide bonds. The van der Waals surface area contributed by atoms with Crippen molar-refractivity contribution in [1.29, 1.82) is 0 Å². The van der Waals surface area contributed by atoms with E-state index < -0.39 is 0 Å². The van der Waals surface area contributed by atoms with Crippen molar-refractivity contribution >= 4 is 11.8 Å². The molecule has 0 spiro atoms. The summed E-state index contributed by atoms with van der Waals surface area (Å²) in [5.41, 5.74) is 5.18. The van der Waals surface area contributed by atoms with Crippen LogP contribution in [-0.4, -0.2) is 14.8 Å². The van der Waals surface area contributed by atoms with Crippen LogP contribution < -0.4 is 0 Å². The third kappa shape index (κ3) is 4.72. The maximum atomic E-state index is 14.5. The zero-order chi connectivity index (χ0) is 22.0. The predicted octanol–water partition coefficient (Wildman–Crippen LogP) is 6.97. The molecule has 4 aromatic rings. The number of nitrogens with zero attached hydrogens (tertiary/aromatic N) is 3. The van der Waals surface area contributed by atoms with Crippen molar-refractivity contribution in [3.63, 3.8) is 0 Å². The second-order valence-corrected chi connectivity index (χ2v) is 9.64. The molecule has 0 saturated carbocycles. The summed E-state index contributed by atoms with van der Waals surface area (Å²) >= 11 is 1.60. The quantitative estimate of drug-likeness (QED) is 0.320. The van der Waals surface area contributed by atoms with Crippen LogP contribution in [0.25, 0.3) is 17.1 Å². The van der Waals surface area contributed by atoms with Crippen molar-refractivity contribution < 1.29 is 4.39 Å². The maximum absolute atomic E-state index is 14.5. The molecule has 0 aliphatic heterocycles. The predicted molar refractivity (Wildman–Crippen MR) is 126 cm³/mol. The summed E-state index contributed by atoms with van der Waals surface area (Å²) in [6.45, 7) is 8.69. The van der Waals surface area contributed by atoms with Gasteiger partial charge in [0.1, 0.15) is 5.82 Å². The van der Waals surface area contributed by atoms with Gasteiger partial charge in [-0.2, -0.15) is 0 Å². The lowest BCUT2D eigenvalue weighted by molar-refractivity contribution is 0.590. The summed E-state index contributed by atoms with van der Waals surface area (Å²) in [6.07, 6.45) is 0. The van der Waals surface area contributed by atoms with E-state index in [1.54, 1.807) is 23.9 Å². The van der Waals surface area contributed by atoms with E-state index >= 15 is 0 Å². The largest absolute Gasteiger partial charge is 0.270 e. The molecule has 0 radical (unpaired) electrons. The van der Waals surface area contributed by atoms with E-state index in [9.17, 15) is 4.39 Å². The molecule has 0 aliphatic rings. The van der Waals surface area contributed by atoms with Crippen molar-refractivity contribution in [3.8, 4) is 17.1 Å². The lowest BCUT2D eigenvalue weighted by Crippen LogP contribution is -2.10. The third-order valence-corrected chi connectivity index (χ3v) is 6.23. The molecule has 3 aromatic carbocycles. The minimum atomic E-state index is -0.308. The Hall–Kier alpha value is -2.92. The van der Waals surface area contributed by atoms with E-state index in [0.29, 0.717) is 11.4 Å². The minimum absolute atomic E-state index is 0.131. The molecule has 1 heterocycles. The van der Waals surface area contributed by atoms with Crippen LogP contribution in [-0.2, 0) is 11.2 Å². The maximum Gasteiger partial charge on any atom is 0.196 e. The monoisotopic (exact) mass is 431 g/mol. The fraction of sp³-hybridized carbons (Fsp3) is 0.231. The van der Waals surface area contributed by atoms with Crippen LogP contribution in [0.3, 0.4) is 0 Å².